The van der Waals surface area contributed by atoms with Crippen LogP contribution in [-0.2, 0) is 11.3 Å². The average Bonchev–Trinajstić information content (AvgIpc) is 3.40. The van der Waals surface area contributed by atoms with E-state index in [1.54, 1.807) is 16.7 Å². The highest BCUT2D eigenvalue weighted by Crippen LogP contribution is 2.46. The van der Waals surface area contributed by atoms with Gasteiger partial charge in [0, 0.05) is 18.9 Å². The fraction of sp³-hybridized carbons (Fsp3) is 0.179. The molecule has 1 fully saturated rings. The molecule has 0 saturated heterocycles. The quantitative estimate of drug-likeness (QED) is 0.176. The van der Waals surface area contributed by atoms with Gasteiger partial charge in [-0.1, -0.05) is 116 Å². The number of carboxylic acid groups (broad SMARTS) is 1. The van der Waals surface area contributed by atoms with Gasteiger partial charge >= 0.3 is 5.97 Å². The number of benzene rings is 5. The Balaban J connectivity index is 1.26. The topological polar surface area (TPSA) is 64.3 Å². The van der Waals surface area contributed by atoms with Crippen LogP contribution in [0.2, 0.25) is 0 Å². The number of fused-ring (bicyclic) bond motifs is 1. The number of aromatic nitrogens is 2. The van der Waals surface area contributed by atoms with E-state index in [4.69, 9.17) is 4.74 Å². The summed E-state index contributed by atoms with van der Waals surface area (Å²) >= 11 is 0. The molecule has 230 valence electrons. The Hall–Kier alpha value is -5.30. The van der Waals surface area contributed by atoms with Gasteiger partial charge in [-0.25, -0.2) is 8.78 Å². The standard InChI is InChI=1S/C39H32F2N2O3/c1-2-39(37(44)45)22-31(23-39)46-38-42-36-33(43(38)24-25-13-15-28(16-14-25)26-9-5-3-6-10-26)21-32(40)34(35(36)41)30-19-17-29(18-20-30)27-11-7-4-8-12-27/h3-21,31H,2,22-24H2,1H3,(H,44,45). The van der Waals surface area contributed by atoms with Crippen LogP contribution in [0.4, 0.5) is 8.78 Å². The lowest BCUT2D eigenvalue weighted by atomic mass is 9.65. The third-order valence-corrected chi connectivity index (χ3v) is 9.22. The number of nitrogens with zero attached hydrogens (tertiary/aromatic N) is 2. The minimum Gasteiger partial charge on any atom is -0.481 e. The van der Waals surface area contributed by atoms with Gasteiger partial charge < -0.3 is 9.84 Å². The number of hydrogen-bond donors (Lipinski definition) is 1. The van der Waals surface area contributed by atoms with E-state index >= 15 is 8.78 Å². The molecule has 0 spiro atoms. The molecule has 0 aliphatic heterocycles. The highest BCUT2D eigenvalue weighted by atomic mass is 19.1. The molecule has 46 heavy (non-hydrogen) atoms. The van der Waals surface area contributed by atoms with Crippen LogP contribution in [0.1, 0.15) is 31.7 Å². The zero-order valence-corrected chi connectivity index (χ0v) is 25.3. The van der Waals surface area contributed by atoms with Crippen molar-refractivity contribution in [1.82, 2.24) is 9.55 Å². The van der Waals surface area contributed by atoms with Crippen molar-refractivity contribution < 1.29 is 23.4 Å². The first kappa shape index (κ1) is 29.4. The van der Waals surface area contributed by atoms with Crippen molar-refractivity contribution in [2.24, 2.45) is 5.41 Å². The van der Waals surface area contributed by atoms with Crippen molar-refractivity contribution >= 4 is 17.0 Å². The molecule has 1 aromatic heterocycles. The van der Waals surface area contributed by atoms with E-state index < -0.39 is 29.1 Å². The highest BCUT2D eigenvalue weighted by Gasteiger charge is 2.50. The number of imidazole rings is 1. The average molecular weight is 615 g/mol. The summed E-state index contributed by atoms with van der Waals surface area (Å²) in [5, 5.41) is 9.76. The third-order valence-electron chi connectivity index (χ3n) is 9.22. The lowest BCUT2D eigenvalue weighted by Crippen LogP contribution is -2.49. The van der Waals surface area contributed by atoms with E-state index in [0.29, 0.717) is 24.8 Å². The minimum absolute atomic E-state index is 0.00115. The zero-order chi connectivity index (χ0) is 31.8. The molecule has 1 saturated carbocycles. The summed E-state index contributed by atoms with van der Waals surface area (Å²) in [6.07, 6.45) is 0.733. The van der Waals surface area contributed by atoms with Gasteiger partial charge in [0.1, 0.15) is 17.4 Å². The molecule has 0 amide bonds. The van der Waals surface area contributed by atoms with Gasteiger partial charge in [-0.05, 0) is 39.8 Å². The van der Waals surface area contributed by atoms with Crippen LogP contribution in [0.3, 0.4) is 0 Å². The van der Waals surface area contributed by atoms with Gasteiger partial charge in [-0.15, -0.1) is 0 Å². The molecule has 7 heteroatoms. The second-order valence-electron chi connectivity index (χ2n) is 12.0. The highest BCUT2D eigenvalue weighted by molar-refractivity contribution is 5.85. The Bertz CT molecular complexity index is 2020. The first-order valence-electron chi connectivity index (χ1n) is 15.4. The summed E-state index contributed by atoms with van der Waals surface area (Å²) in [7, 11) is 0. The van der Waals surface area contributed by atoms with E-state index in [9.17, 15) is 9.90 Å². The molecule has 1 N–H and O–H groups in total. The van der Waals surface area contributed by atoms with Gasteiger partial charge in [0.05, 0.1) is 23.0 Å². The Morgan fingerprint density at radius 3 is 1.89 bits per heavy atom. The van der Waals surface area contributed by atoms with Crippen LogP contribution < -0.4 is 4.74 Å². The van der Waals surface area contributed by atoms with Gasteiger partial charge in [-0.2, -0.15) is 4.98 Å². The van der Waals surface area contributed by atoms with Gasteiger partial charge in [0.15, 0.2) is 5.82 Å². The first-order chi connectivity index (χ1) is 22.3. The van der Waals surface area contributed by atoms with Gasteiger partial charge in [0.25, 0.3) is 6.01 Å². The Morgan fingerprint density at radius 2 is 1.35 bits per heavy atom. The van der Waals surface area contributed by atoms with Crippen molar-refractivity contribution in [2.75, 3.05) is 0 Å². The first-order valence-corrected chi connectivity index (χ1v) is 15.4. The predicted octanol–water partition coefficient (Wildman–Crippen LogP) is 9.39. The fourth-order valence-corrected chi connectivity index (χ4v) is 6.41. The van der Waals surface area contributed by atoms with Crippen molar-refractivity contribution in [3.05, 3.63) is 132 Å². The number of aliphatic carboxylic acids is 1. The maximum absolute atomic E-state index is 16.3. The summed E-state index contributed by atoms with van der Waals surface area (Å²) in [6.45, 7) is 2.11. The number of rotatable bonds is 9. The monoisotopic (exact) mass is 614 g/mol. The molecule has 1 aliphatic rings. The number of halogens is 2. The van der Waals surface area contributed by atoms with E-state index in [-0.39, 0.29) is 29.2 Å². The molecule has 5 nitrogen and oxygen atoms in total. The molecule has 7 rings (SSSR count). The lowest BCUT2D eigenvalue weighted by molar-refractivity contribution is -0.162. The maximum Gasteiger partial charge on any atom is 0.309 e. The summed E-state index contributed by atoms with van der Waals surface area (Å²) in [6, 6.07) is 36.3. The normalized spacial score (nSPS) is 17.5. The van der Waals surface area contributed by atoms with Crippen molar-refractivity contribution in [3.63, 3.8) is 0 Å². The number of carbonyl (C=O) groups is 1. The van der Waals surface area contributed by atoms with E-state index in [0.717, 1.165) is 27.8 Å². The second-order valence-corrected chi connectivity index (χ2v) is 12.0. The van der Waals surface area contributed by atoms with Crippen LogP contribution in [0.5, 0.6) is 6.01 Å². The Labute approximate surface area is 265 Å². The number of ether oxygens (including phenoxy) is 1. The van der Waals surface area contributed by atoms with E-state index in [1.807, 2.05) is 104 Å². The molecule has 0 unspecified atom stereocenters. The molecule has 5 aromatic carbocycles. The molecular weight excluding hydrogens is 582 g/mol. The minimum atomic E-state index is -0.849. The van der Waals surface area contributed by atoms with Crippen molar-refractivity contribution in [3.8, 4) is 39.4 Å². The van der Waals surface area contributed by atoms with Crippen LogP contribution in [0.15, 0.2) is 115 Å². The maximum atomic E-state index is 16.3. The van der Waals surface area contributed by atoms with Crippen molar-refractivity contribution in [1.29, 1.82) is 0 Å². The van der Waals surface area contributed by atoms with Gasteiger partial charge in [0.2, 0.25) is 0 Å². The SMILES string of the molecule is CCC1(C(=O)O)CC(Oc2nc3c(F)c(-c4ccc(-c5ccccc5)cc4)c(F)cc3n2Cc2ccc(-c3ccccc3)cc2)C1. The van der Waals surface area contributed by atoms with E-state index in [2.05, 4.69) is 4.98 Å². The molecule has 0 radical (unpaired) electrons. The second kappa shape index (κ2) is 11.9. The lowest BCUT2D eigenvalue weighted by Gasteiger charge is -2.43. The Morgan fingerprint density at radius 1 is 0.826 bits per heavy atom. The third kappa shape index (κ3) is 5.32. The molecule has 1 heterocycles. The van der Waals surface area contributed by atoms with E-state index in [1.165, 1.54) is 6.07 Å². The summed E-state index contributed by atoms with van der Waals surface area (Å²) < 4.78 is 40.0. The summed E-state index contributed by atoms with van der Waals surface area (Å²) in [4.78, 5) is 16.5. The number of hydrogen-bond acceptors (Lipinski definition) is 3. The largest absolute Gasteiger partial charge is 0.481 e. The smallest absolute Gasteiger partial charge is 0.309 e. The molecule has 6 aromatic rings. The van der Waals surface area contributed by atoms with Crippen LogP contribution in [-0.4, -0.2) is 26.7 Å². The zero-order valence-electron chi connectivity index (χ0n) is 25.3. The molecule has 0 atom stereocenters. The van der Waals surface area contributed by atoms with Crippen molar-refractivity contribution in [2.45, 2.75) is 38.8 Å². The summed E-state index contributed by atoms with van der Waals surface area (Å²) in [5.41, 5.74) is 4.65. The Kier molecular flexibility index (Phi) is 7.61. The van der Waals surface area contributed by atoms with Gasteiger partial charge in [-0.3, -0.25) is 9.36 Å². The molecule has 0 bridgehead atoms. The molecule has 1 aliphatic carbocycles. The van der Waals surface area contributed by atoms with Crippen LogP contribution in [0, 0.1) is 17.0 Å². The van der Waals surface area contributed by atoms with Crippen LogP contribution in [0.25, 0.3) is 44.4 Å². The number of carboxylic acids is 1. The fourth-order valence-electron chi connectivity index (χ4n) is 6.41. The predicted molar refractivity (Wildman–Crippen MR) is 176 cm³/mol. The summed E-state index contributed by atoms with van der Waals surface area (Å²) in [5.74, 6) is -2.32. The van der Waals surface area contributed by atoms with Crippen LogP contribution >= 0.6 is 0 Å². The molecular formula is C39H32F2N2O3.